The van der Waals surface area contributed by atoms with Crippen LogP contribution in [-0.2, 0) is 25.7 Å². The van der Waals surface area contributed by atoms with Gasteiger partial charge < -0.3 is 19.2 Å². The number of benzene rings is 2. The first-order valence-corrected chi connectivity index (χ1v) is 12.2. The van der Waals surface area contributed by atoms with Gasteiger partial charge in [-0.15, -0.1) is 0 Å². The summed E-state index contributed by atoms with van der Waals surface area (Å²) in [6, 6.07) is 10.9. The van der Waals surface area contributed by atoms with Gasteiger partial charge in [0.25, 0.3) is 5.69 Å². The molecule has 0 saturated carbocycles. The number of carbonyl (C=O) groups excluding carboxylic acids is 2. The van der Waals surface area contributed by atoms with E-state index in [-0.39, 0.29) is 34.1 Å². The molecule has 0 radical (unpaired) electrons. The topological polar surface area (TPSA) is 138 Å². The second-order valence-corrected chi connectivity index (χ2v) is 9.77. The van der Waals surface area contributed by atoms with E-state index in [1.807, 2.05) is 0 Å². The quantitative estimate of drug-likeness (QED) is 0.258. The molecule has 4 rings (SSSR count). The molecular weight excluding hydrogens is 532 g/mol. The SMILES string of the molecule is COC(=O)C1=C(C(=O)OC)C(c2cc([N+](=O)[O-])ccc2OCc2ccccc2Cl)c2sc(=O)[nH]c2S1. The predicted molar refractivity (Wildman–Crippen MR) is 133 cm³/mol. The third kappa shape index (κ3) is 4.87. The van der Waals surface area contributed by atoms with E-state index >= 15 is 0 Å². The average Bonchev–Trinajstić information content (AvgIpc) is 3.25. The summed E-state index contributed by atoms with van der Waals surface area (Å²) >= 11 is 7.91. The minimum atomic E-state index is -1.09. The van der Waals surface area contributed by atoms with Crippen LogP contribution in [0.2, 0.25) is 5.02 Å². The van der Waals surface area contributed by atoms with E-state index in [0.717, 1.165) is 37.3 Å². The summed E-state index contributed by atoms with van der Waals surface area (Å²) in [5.41, 5.74) is 0.449. The van der Waals surface area contributed by atoms with Crippen molar-refractivity contribution in [3.8, 4) is 5.75 Å². The zero-order valence-corrected chi connectivity index (χ0v) is 21.1. The van der Waals surface area contributed by atoms with Gasteiger partial charge in [0.1, 0.15) is 17.3 Å². The number of H-pyrrole nitrogens is 1. The first kappa shape index (κ1) is 25.5. The number of hydrogen-bond donors (Lipinski definition) is 1. The molecule has 3 aromatic rings. The molecule has 0 amide bonds. The van der Waals surface area contributed by atoms with Crippen molar-refractivity contribution in [1.82, 2.24) is 4.98 Å². The van der Waals surface area contributed by atoms with Gasteiger partial charge in [0.05, 0.1) is 40.5 Å². The fraction of sp³-hybridized carbons (Fsp3) is 0.174. The standard InChI is InChI=1S/C23H17ClN2O8S2/c1-32-21(27)17-16(18-20(25-23(29)36-18)35-19(17)22(28)33-2)13-9-12(26(30)31)7-8-15(13)34-10-11-5-3-4-6-14(11)24/h3-9,16H,10H2,1-2H3,(H,25,29). The number of ether oxygens (including phenoxy) is 3. The number of aromatic amines is 1. The highest BCUT2D eigenvalue weighted by Crippen LogP contribution is 2.51. The lowest BCUT2D eigenvalue weighted by molar-refractivity contribution is -0.384. The summed E-state index contributed by atoms with van der Waals surface area (Å²) in [4.78, 5) is 51.4. The number of thiazole rings is 1. The van der Waals surface area contributed by atoms with Crippen molar-refractivity contribution in [1.29, 1.82) is 0 Å². The average molecular weight is 549 g/mol. The van der Waals surface area contributed by atoms with E-state index < -0.39 is 27.7 Å². The highest BCUT2D eigenvalue weighted by atomic mass is 35.5. The number of nitrogens with zero attached hydrogens (tertiary/aromatic N) is 1. The van der Waals surface area contributed by atoms with E-state index in [4.69, 9.17) is 25.8 Å². The Hall–Kier alpha value is -3.61. The maximum atomic E-state index is 13.0. The maximum absolute atomic E-state index is 13.0. The van der Waals surface area contributed by atoms with Crippen LogP contribution in [0, 0.1) is 10.1 Å². The van der Waals surface area contributed by atoms with Crippen molar-refractivity contribution in [3.05, 3.63) is 93.8 Å². The summed E-state index contributed by atoms with van der Waals surface area (Å²) in [6.45, 7) is 0.0172. The molecule has 186 valence electrons. The van der Waals surface area contributed by atoms with Gasteiger partial charge in [-0.25, -0.2) is 9.59 Å². The molecule has 10 nitrogen and oxygen atoms in total. The van der Waals surface area contributed by atoms with E-state index in [2.05, 4.69) is 4.98 Å². The first-order valence-electron chi connectivity index (χ1n) is 10.2. The molecule has 1 atom stereocenters. The van der Waals surface area contributed by atoms with Gasteiger partial charge in [-0.3, -0.25) is 14.9 Å². The smallest absolute Gasteiger partial charge is 0.345 e. The van der Waals surface area contributed by atoms with Crippen LogP contribution in [0.5, 0.6) is 5.75 Å². The molecule has 1 N–H and O–H groups in total. The Bertz CT molecular complexity index is 1460. The van der Waals surface area contributed by atoms with Crippen LogP contribution in [0.15, 0.2) is 62.8 Å². The van der Waals surface area contributed by atoms with Gasteiger partial charge in [-0.05, 0) is 12.1 Å². The van der Waals surface area contributed by atoms with Gasteiger partial charge in [-0.1, -0.05) is 52.9 Å². The molecule has 0 aliphatic carbocycles. The lowest BCUT2D eigenvalue weighted by atomic mass is 9.88. The zero-order chi connectivity index (χ0) is 26.0. The second-order valence-electron chi connectivity index (χ2n) is 7.33. The highest BCUT2D eigenvalue weighted by Gasteiger charge is 2.41. The van der Waals surface area contributed by atoms with Crippen molar-refractivity contribution >= 4 is 52.3 Å². The lowest BCUT2D eigenvalue weighted by Crippen LogP contribution is -2.23. The van der Waals surface area contributed by atoms with Crippen LogP contribution in [0.1, 0.15) is 21.9 Å². The van der Waals surface area contributed by atoms with Crippen LogP contribution in [0.25, 0.3) is 0 Å². The van der Waals surface area contributed by atoms with Gasteiger partial charge >= 0.3 is 16.8 Å². The summed E-state index contributed by atoms with van der Waals surface area (Å²) in [5, 5.41) is 12.4. The zero-order valence-electron chi connectivity index (χ0n) is 18.7. The number of nitro benzene ring substituents is 1. The van der Waals surface area contributed by atoms with Crippen LogP contribution in [0.3, 0.4) is 0 Å². The Morgan fingerprint density at radius 1 is 1.14 bits per heavy atom. The molecule has 13 heteroatoms. The van der Waals surface area contributed by atoms with E-state index in [1.165, 1.54) is 18.2 Å². The molecule has 36 heavy (non-hydrogen) atoms. The summed E-state index contributed by atoms with van der Waals surface area (Å²) < 4.78 is 15.8. The van der Waals surface area contributed by atoms with Crippen molar-refractivity contribution in [2.24, 2.45) is 0 Å². The van der Waals surface area contributed by atoms with Crippen molar-refractivity contribution in [2.45, 2.75) is 17.6 Å². The molecule has 0 bridgehead atoms. The Morgan fingerprint density at radius 3 is 2.53 bits per heavy atom. The monoisotopic (exact) mass is 548 g/mol. The largest absolute Gasteiger partial charge is 0.489 e. The van der Waals surface area contributed by atoms with Crippen molar-refractivity contribution < 1.29 is 28.7 Å². The number of rotatable bonds is 7. The van der Waals surface area contributed by atoms with Gasteiger partial charge in [0.2, 0.25) is 0 Å². The van der Waals surface area contributed by atoms with Crippen LogP contribution in [0.4, 0.5) is 5.69 Å². The number of hydrogen-bond acceptors (Lipinski definition) is 10. The Labute approximate surface area is 217 Å². The minimum absolute atomic E-state index is 0.0172. The third-order valence-electron chi connectivity index (χ3n) is 5.27. The summed E-state index contributed by atoms with van der Waals surface area (Å²) in [6.07, 6.45) is 0. The fourth-order valence-electron chi connectivity index (χ4n) is 3.65. The lowest BCUT2D eigenvalue weighted by Gasteiger charge is -2.27. The number of thioether (sulfide) groups is 1. The number of carbonyl (C=O) groups is 2. The molecule has 0 fully saturated rings. The number of nitro groups is 1. The van der Waals surface area contributed by atoms with Crippen LogP contribution >= 0.6 is 34.7 Å². The minimum Gasteiger partial charge on any atom is -0.489 e. The van der Waals surface area contributed by atoms with E-state index in [9.17, 15) is 24.5 Å². The highest BCUT2D eigenvalue weighted by molar-refractivity contribution is 8.04. The number of halogens is 1. The molecule has 0 saturated heterocycles. The molecule has 0 spiro atoms. The first-order chi connectivity index (χ1) is 17.2. The predicted octanol–water partition coefficient (Wildman–Crippen LogP) is 4.41. The van der Waals surface area contributed by atoms with Gasteiger partial charge in [0, 0.05) is 28.3 Å². The van der Waals surface area contributed by atoms with Crippen molar-refractivity contribution in [3.63, 3.8) is 0 Å². The van der Waals surface area contributed by atoms with E-state index in [0.29, 0.717) is 20.5 Å². The number of nitrogens with one attached hydrogen (secondary N) is 1. The molecule has 2 heterocycles. The molecule has 2 aromatic carbocycles. The fourth-order valence-corrected chi connectivity index (χ4v) is 6.06. The van der Waals surface area contributed by atoms with E-state index in [1.54, 1.807) is 24.3 Å². The molecule has 1 unspecified atom stereocenters. The normalized spacial score (nSPS) is 14.7. The Morgan fingerprint density at radius 2 is 1.86 bits per heavy atom. The number of non-ortho nitro benzene ring substituents is 1. The Balaban J connectivity index is 1.94. The van der Waals surface area contributed by atoms with Gasteiger partial charge in [0.15, 0.2) is 0 Å². The van der Waals surface area contributed by atoms with Crippen LogP contribution < -0.4 is 9.61 Å². The third-order valence-corrected chi connectivity index (χ3v) is 7.84. The molecule has 1 aliphatic heterocycles. The molecule has 1 aromatic heterocycles. The van der Waals surface area contributed by atoms with Crippen LogP contribution in [-0.4, -0.2) is 36.1 Å². The number of fused-ring (bicyclic) bond motifs is 1. The summed E-state index contributed by atoms with van der Waals surface area (Å²) in [7, 11) is 2.29. The Kier molecular flexibility index (Phi) is 7.48. The number of methoxy groups -OCH3 is 2. The van der Waals surface area contributed by atoms with Crippen molar-refractivity contribution in [2.75, 3.05) is 14.2 Å². The second kappa shape index (κ2) is 10.6. The summed E-state index contributed by atoms with van der Waals surface area (Å²) in [5.74, 6) is -2.59. The number of aromatic nitrogens is 1. The number of esters is 2. The van der Waals surface area contributed by atoms with Gasteiger partial charge in [-0.2, -0.15) is 0 Å². The molecular formula is C23H17ClN2O8S2. The molecule has 1 aliphatic rings. The maximum Gasteiger partial charge on any atom is 0.345 e.